The highest BCUT2D eigenvalue weighted by molar-refractivity contribution is 6.06. The van der Waals surface area contributed by atoms with E-state index in [1.54, 1.807) is 49.4 Å². The predicted octanol–water partition coefficient (Wildman–Crippen LogP) is 2.85. The number of amides is 2. The molecule has 0 fully saturated rings. The maximum absolute atomic E-state index is 12.5. The Balaban J connectivity index is 1.78. The number of nitrogens with zero attached hydrogens (tertiary/aromatic N) is 1. The molecular weight excluding hydrogens is 360 g/mol. The Morgan fingerprint density at radius 1 is 1.07 bits per heavy atom. The summed E-state index contributed by atoms with van der Waals surface area (Å²) in [5.74, 6) is -0.438. The zero-order valence-electron chi connectivity index (χ0n) is 15.7. The van der Waals surface area contributed by atoms with Gasteiger partial charge in [-0.3, -0.25) is 24.1 Å². The van der Waals surface area contributed by atoms with Gasteiger partial charge in [-0.15, -0.1) is 0 Å². The third-order valence-corrected chi connectivity index (χ3v) is 4.42. The fourth-order valence-corrected chi connectivity index (χ4v) is 2.89. The Morgan fingerprint density at radius 3 is 2.39 bits per heavy atom. The summed E-state index contributed by atoms with van der Waals surface area (Å²) in [7, 11) is 0. The van der Waals surface area contributed by atoms with Crippen LogP contribution in [0.15, 0.2) is 42.5 Å². The molecular formula is C21H20N2O5. The molecule has 0 aromatic heterocycles. The molecule has 0 atom stereocenters. The molecule has 1 aliphatic rings. The van der Waals surface area contributed by atoms with Crippen LogP contribution in [0.25, 0.3) is 0 Å². The molecule has 0 saturated carbocycles. The van der Waals surface area contributed by atoms with E-state index in [0.29, 0.717) is 34.7 Å². The largest absolute Gasteiger partial charge is 0.482 e. The van der Waals surface area contributed by atoms with Gasteiger partial charge in [-0.1, -0.05) is 6.92 Å². The van der Waals surface area contributed by atoms with Gasteiger partial charge in [0.25, 0.3) is 5.91 Å². The number of nitrogens with one attached hydrogen (secondary N) is 1. The van der Waals surface area contributed by atoms with Gasteiger partial charge in [-0.05, 0) is 49.4 Å². The van der Waals surface area contributed by atoms with Crippen molar-refractivity contribution in [2.24, 2.45) is 0 Å². The topological polar surface area (TPSA) is 92.8 Å². The average molecular weight is 380 g/mol. The van der Waals surface area contributed by atoms with E-state index in [9.17, 15) is 19.2 Å². The summed E-state index contributed by atoms with van der Waals surface area (Å²) in [6, 6.07) is 11.4. The first kappa shape index (κ1) is 19.3. The van der Waals surface area contributed by atoms with Crippen LogP contribution in [0.5, 0.6) is 5.75 Å². The summed E-state index contributed by atoms with van der Waals surface area (Å²) in [5, 5.41) is 2.70. The molecule has 2 aromatic rings. The summed E-state index contributed by atoms with van der Waals surface area (Å²) in [5.41, 5.74) is 1.93. The number of rotatable bonds is 6. The molecule has 7 nitrogen and oxygen atoms in total. The molecule has 0 saturated heterocycles. The number of anilines is 2. The molecule has 3 rings (SSSR count). The molecule has 28 heavy (non-hydrogen) atoms. The number of ether oxygens (including phenoxy) is 1. The number of hydrogen-bond acceptors (Lipinski definition) is 5. The van der Waals surface area contributed by atoms with Crippen LogP contribution in [0, 0.1) is 0 Å². The third-order valence-electron chi connectivity index (χ3n) is 4.42. The Bertz CT molecular complexity index is 950. The smallest absolute Gasteiger partial charge is 0.265 e. The molecule has 0 unspecified atom stereocenters. The van der Waals surface area contributed by atoms with Gasteiger partial charge < -0.3 is 10.1 Å². The van der Waals surface area contributed by atoms with Crippen LogP contribution in [0.4, 0.5) is 11.4 Å². The van der Waals surface area contributed by atoms with E-state index < -0.39 is 5.91 Å². The van der Waals surface area contributed by atoms with Crippen LogP contribution < -0.4 is 15.0 Å². The molecule has 2 amide bonds. The van der Waals surface area contributed by atoms with E-state index in [4.69, 9.17) is 4.74 Å². The van der Waals surface area contributed by atoms with E-state index in [1.807, 2.05) is 0 Å². The predicted molar refractivity (Wildman–Crippen MR) is 104 cm³/mol. The van der Waals surface area contributed by atoms with Crippen molar-refractivity contribution in [2.45, 2.75) is 20.3 Å². The lowest BCUT2D eigenvalue weighted by Gasteiger charge is -2.29. The van der Waals surface area contributed by atoms with Crippen molar-refractivity contribution in [1.29, 1.82) is 0 Å². The van der Waals surface area contributed by atoms with Crippen molar-refractivity contribution in [3.63, 3.8) is 0 Å². The highest BCUT2D eigenvalue weighted by atomic mass is 16.5. The second-order valence-electron chi connectivity index (χ2n) is 6.41. The van der Waals surface area contributed by atoms with Crippen molar-refractivity contribution in [3.8, 4) is 5.75 Å². The van der Waals surface area contributed by atoms with E-state index in [0.717, 1.165) is 0 Å². The average Bonchev–Trinajstić information content (AvgIpc) is 2.69. The Labute approximate surface area is 162 Å². The summed E-state index contributed by atoms with van der Waals surface area (Å²) in [6.45, 7) is 2.83. The lowest BCUT2D eigenvalue weighted by Crippen LogP contribution is -2.43. The molecule has 7 heteroatoms. The van der Waals surface area contributed by atoms with Crippen LogP contribution in [0.3, 0.4) is 0 Å². The molecule has 1 N–H and O–H groups in total. The maximum atomic E-state index is 12.5. The fourth-order valence-electron chi connectivity index (χ4n) is 2.89. The maximum Gasteiger partial charge on any atom is 0.265 e. The van der Waals surface area contributed by atoms with Gasteiger partial charge in [-0.25, -0.2) is 0 Å². The molecule has 0 aliphatic carbocycles. The fraction of sp³-hybridized carbons (Fsp3) is 0.238. The Hall–Kier alpha value is -3.48. The standard InChI is InChI=1S/C21H20N2O5/c1-3-18(25)15-6-9-19-17(10-15)23(21(27)12-28-19)11-20(26)22-16-7-4-14(5-8-16)13(2)24/h4-10H,3,11-12H2,1-2H3,(H,22,26). The Kier molecular flexibility index (Phi) is 5.54. The minimum atomic E-state index is -0.399. The second kappa shape index (κ2) is 8.04. The summed E-state index contributed by atoms with van der Waals surface area (Å²) in [6.07, 6.45) is 0.338. The highest BCUT2D eigenvalue weighted by Gasteiger charge is 2.28. The number of benzene rings is 2. The van der Waals surface area contributed by atoms with Gasteiger partial charge in [-0.2, -0.15) is 0 Å². The first-order valence-corrected chi connectivity index (χ1v) is 8.90. The first-order chi connectivity index (χ1) is 13.4. The van der Waals surface area contributed by atoms with Crippen molar-refractivity contribution in [1.82, 2.24) is 0 Å². The molecule has 1 aliphatic heterocycles. The van der Waals surface area contributed by atoms with Crippen molar-refractivity contribution >= 4 is 34.8 Å². The minimum absolute atomic E-state index is 0.0595. The van der Waals surface area contributed by atoms with Gasteiger partial charge in [0.2, 0.25) is 5.91 Å². The van der Waals surface area contributed by atoms with Crippen LogP contribution in [-0.4, -0.2) is 36.5 Å². The van der Waals surface area contributed by atoms with Crippen molar-refractivity contribution in [2.75, 3.05) is 23.4 Å². The van der Waals surface area contributed by atoms with E-state index in [1.165, 1.54) is 11.8 Å². The number of carbonyl (C=O) groups excluding carboxylic acids is 4. The van der Waals surface area contributed by atoms with Crippen LogP contribution in [0.2, 0.25) is 0 Å². The molecule has 2 aromatic carbocycles. The zero-order valence-corrected chi connectivity index (χ0v) is 15.7. The van der Waals surface area contributed by atoms with Gasteiger partial charge in [0, 0.05) is 23.2 Å². The van der Waals surface area contributed by atoms with E-state index >= 15 is 0 Å². The zero-order chi connectivity index (χ0) is 20.3. The van der Waals surface area contributed by atoms with E-state index in [-0.39, 0.29) is 30.6 Å². The molecule has 0 spiro atoms. The summed E-state index contributed by atoms with van der Waals surface area (Å²) >= 11 is 0. The van der Waals surface area contributed by atoms with Crippen molar-refractivity contribution in [3.05, 3.63) is 53.6 Å². The second-order valence-corrected chi connectivity index (χ2v) is 6.41. The van der Waals surface area contributed by atoms with E-state index in [2.05, 4.69) is 5.32 Å². The van der Waals surface area contributed by atoms with Gasteiger partial charge >= 0.3 is 0 Å². The lowest BCUT2D eigenvalue weighted by atomic mass is 10.1. The minimum Gasteiger partial charge on any atom is -0.482 e. The number of fused-ring (bicyclic) bond motifs is 1. The number of ketones is 2. The normalized spacial score (nSPS) is 12.8. The van der Waals surface area contributed by atoms with Crippen LogP contribution in [-0.2, 0) is 9.59 Å². The number of hydrogen-bond donors (Lipinski definition) is 1. The molecule has 0 bridgehead atoms. The van der Waals surface area contributed by atoms with Gasteiger partial charge in [0.1, 0.15) is 12.3 Å². The number of carbonyl (C=O) groups is 4. The van der Waals surface area contributed by atoms with Crippen LogP contribution in [0.1, 0.15) is 41.0 Å². The lowest BCUT2D eigenvalue weighted by molar-refractivity contribution is -0.123. The van der Waals surface area contributed by atoms with Gasteiger partial charge in [0.15, 0.2) is 18.2 Å². The SMILES string of the molecule is CCC(=O)c1ccc2c(c1)N(CC(=O)Nc1ccc(C(C)=O)cc1)C(=O)CO2. The first-order valence-electron chi connectivity index (χ1n) is 8.90. The van der Waals surface area contributed by atoms with Gasteiger partial charge in [0.05, 0.1) is 5.69 Å². The monoisotopic (exact) mass is 380 g/mol. The summed E-state index contributed by atoms with van der Waals surface area (Å²) in [4.78, 5) is 49.4. The Morgan fingerprint density at radius 2 is 1.75 bits per heavy atom. The van der Waals surface area contributed by atoms with Crippen LogP contribution >= 0.6 is 0 Å². The van der Waals surface area contributed by atoms with Crippen molar-refractivity contribution < 1.29 is 23.9 Å². The molecule has 0 radical (unpaired) electrons. The quantitative estimate of drug-likeness (QED) is 0.778. The molecule has 1 heterocycles. The molecule has 144 valence electrons. The summed E-state index contributed by atoms with van der Waals surface area (Å²) < 4.78 is 5.40. The number of Topliss-reactive ketones (excluding diaryl/α,β-unsaturated/α-hetero) is 2. The third kappa shape index (κ3) is 4.09. The highest BCUT2D eigenvalue weighted by Crippen LogP contribution is 2.33.